The van der Waals surface area contributed by atoms with Gasteiger partial charge in [0.25, 0.3) is 0 Å². The molecule has 0 aromatic heterocycles. The second-order valence-corrected chi connectivity index (χ2v) is 5.98. The zero-order chi connectivity index (χ0) is 11.4. The van der Waals surface area contributed by atoms with Crippen molar-refractivity contribution in [2.45, 2.75) is 58.4 Å². The SMILES string of the molecule is CCC1(CN2CCNC(C)CC2)CCCC1. The number of nitrogens with zero attached hydrogens (tertiary/aromatic N) is 1. The lowest BCUT2D eigenvalue weighted by Gasteiger charge is -2.34. The third kappa shape index (κ3) is 2.98. The van der Waals surface area contributed by atoms with Gasteiger partial charge in [-0.1, -0.05) is 19.8 Å². The molecule has 1 aliphatic carbocycles. The normalized spacial score (nSPS) is 31.5. The average Bonchev–Trinajstić information content (AvgIpc) is 2.66. The van der Waals surface area contributed by atoms with E-state index in [2.05, 4.69) is 24.1 Å². The van der Waals surface area contributed by atoms with Gasteiger partial charge in [0.05, 0.1) is 0 Å². The van der Waals surface area contributed by atoms with E-state index in [4.69, 9.17) is 0 Å². The minimum atomic E-state index is 0.674. The third-order valence-corrected chi connectivity index (χ3v) is 4.77. The van der Waals surface area contributed by atoms with E-state index in [1.165, 1.54) is 64.7 Å². The molecule has 1 aliphatic heterocycles. The Morgan fingerprint density at radius 3 is 2.69 bits per heavy atom. The molecular formula is C14H28N2. The Morgan fingerprint density at radius 1 is 1.25 bits per heavy atom. The van der Waals surface area contributed by atoms with E-state index in [9.17, 15) is 0 Å². The van der Waals surface area contributed by atoms with E-state index in [0.717, 1.165) is 0 Å². The van der Waals surface area contributed by atoms with Crippen LogP contribution in [0, 0.1) is 5.41 Å². The predicted octanol–water partition coefficient (Wildman–Crippen LogP) is 2.64. The van der Waals surface area contributed by atoms with Crippen LogP contribution in [-0.2, 0) is 0 Å². The van der Waals surface area contributed by atoms with Crippen LogP contribution in [0.1, 0.15) is 52.4 Å². The van der Waals surface area contributed by atoms with E-state index >= 15 is 0 Å². The van der Waals surface area contributed by atoms with Crippen LogP contribution >= 0.6 is 0 Å². The van der Waals surface area contributed by atoms with Crippen molar-refractivity contribution in [1.82, 2.24) is 10.2 Å². The van der Waals surface area contributed by atoms with Gasteiger partial charge in [0, 0.05) is 25.7 Å². The first-order valence-electron chi connectivity index (χ1n) is 7.20. The molecule has 0 bridgehead atoms. The van der Waals surface area contributed by atoms with Crippen LogP contribution in [-0.4, -0.2) is 37.1 Å². The van der Waals surface area contributed by atoms with Crippen molar-refractivity contribution in [2.24, 2.45) is 5.41 Å². The molecule has 2 nitrogen and oxygen atoms in total. The number of nitrogens with one attached hydrogen (secondary N) is 1. The van der Waals surface area contributed by atoms with Crippen LogP contribution < -0.4 is 5.32 Å². The highest BCUT2D eigenvalue weighted by Gasteiger charge is 2.33. The van der Waals surface area contributed by atoms with Gasteiger partial charge in [0.15, 0.2) is 0 Å². The van der Waals surface area contributed by atoms with Crippen LogP contribution in [0.4, 0.5) is 0 Å². The van der Waals surface area contributed by atoms with Gasteiger partial charge < -0.3 is 10.2 Å². The molecule has 1 unspecified atom stereocenters. The molecule has 0 amide bonds. The van der Waals surface area contributed by atoms with Gasteiger partial charge in [-0.05, 0) is 44.6 Å². The largest absolute Gasteiger partial charge is 0.313 e. The molecule has 2 rings (SSSR count). The predicted molar refractivity (Wildman–Crippen MR) is 69.7 cm³/mol. The molecular weight excluding hydrogens is 196 g/mol. The fourth-order valence-electron chi connectivity index (χ4n) is 3.44. The molecule has 1 atom stereocenters. The fraction of sp³-hybridized carbons (Fsp3) is 1.00. The van der Waals surface area contributed by atoms with Gasteiger partial charge >= 0.3 is 0 Å². The lowest BCUT2D eigenvalue weighted by Crippen LogP contribution is -2.38. The van der Waals surface area contributed by atoms with Crippen molar-refractivity contribution < 1.29 is 0 Å². The molecule has 94 valence electrons. The summed E-state index contributed by atoms with van der Waals surface area (Å²) in [4.78, 5) is 2.71. The van der Waals surface area contributed by atoms with E-state index in [-0.39, 0.29) is 0 Å². The number of hydrogen-bond donors (Lipinski definition) is 1. The third-order valence-electron chi connectivity index (χ3n) is 4.77. The zero-order valence-electron chi connectivity index (χ0n) is 11.1. The maximum Gasteiger partial charge on any atom is 0.0107 e. The average molecular weight is 224 g/mol. The highest BCUT2D eigenvalue weighted by molar-refractivity contribution is 4.87. The van der Waals surface area contributed by atoms with E-state index < -0.39 is 0 Å². The molecule has 0 aromatic carbocycles. The van der Waals surface area contributed by atoms with Crippen LogP contribution in [0.5, 0.6) is 0 Å². The Labute approximate surface area is 101 Å². The van der Waals surface area contributed by atoms with Crippen LogP contribution in [0.25, 0.3) is 0 Å². The second-order valence-electron chi connectivity index (χ2n) is 5.98. The molecule has 1 heterocycles. The lowest BCUT2D eigenvalue weighted by molar-refractivity contribution is 0.153. The van der Waals surface area contributed by atoms with Crippen molar-refractivity contribution in [3.05, 3.63) is 0 Å². The Morgan fingerprint density at radius 2 is 2.00 bits per heavy atom. The number of hydrogen-bond acceptors (Lipinski definition) is 2. The smallest absolute Gasteiger partial charge is 0.0107 e. The summed E-state index contributed by atoms with van der Waals surface area (Å²) in [5.74, 6) is 0. The van der Waals surface area contributed by atoms with Gasteiger partial charge in [0.1, 0.15) is 0 Å². The summed E-state index contributed by atoms with van der Waals surface area (Å²) >= 11 is 0. The van der Waals surface area contributed by atoms with E-state index in [1.807, 2.05) is 0 Å². The Kier molecular flexibility index (Phi) is 4.26. The van der Waals surface area contributed by atoms with Crippen LogP contribution in [0.3, 0.4) is 0 Å². The molecule has 0 aromatic rings. The maximum atomic E-state index is 3.59. The summed E-state index contributed by atoms with van der Waals surface area (Å²) in [5.41, 5.74) is 0.674. The number of rotatable bonds is 3. The highest BCUT2D eigenvalue weighted by Crippen LogP contribution is 2.41. The fourth-order valence-corrected chi connectivity index (χ4v) is 3.44. The topological polar surface area (TPSA) is 15.3 Å². The monoisotopic (exact) mass is 224 g/mol. The van der Waals surface area contributed by atoms with Gasteiger partial charge in [-0.15, -0.1) is 0 Å². The maximum absolute atomic E-state index is 3.59. The summed E-state index contributed by atoms with van der Waals surface area (Å²) in [7, 11) is 0. The van der Waals surface area contributed by atoms with Gasteiger partial charge in [0.2, 0.25) is 0 Å². The second kappa shape index (κ2) is 5.50. The van der Waals surface area contributed by atoms with Crippen molar-refractivity contribution in [3.8, 4) is 0 Å². The summed E-state index contributed by atoms with van der Waals surface area (Å²) in [6.07, 6.45) is 8.59. The molecule has 0 radical (unpaired) electrons. The Balaban J connectivity index is 1.87. The molecule has 1 N–H and O–H groups in total. The quantitative estimate of drug-likeness (QED) is 0.793. The van der Waals surface area contributed by atoms with Crippen LogP contribution in [0.2, 0.25) is 0 Å². The lowest BCUT2D eigenvalue weighted by atomic mass is 9.83. The summed E-state index contributed by atoms with van der Waals surface area (Å²) in [6, 6.07) is 0.714. The first kappa shape index (κ1) is 12.4. The van der Waals surface area contributed by atoms with E-state index in [0.29, 0.717) is 11.5 Å². The Bertz CT molecular complexity index is 209. The van der Waals surface area contributed by atoms with Crippen molar-refractivity contribution >= 4 is 0 Å². The molecule has 2 aliphatic rings. The van der Waals surface area contributed by atoms with Crippen molar-refractivity contribution in [2.75, 3.05) is 26.2 Å². The van der Waals surface area contributed by atoms with Gasteiger partial charge in [-0.2, -0.15) is 0 Å². The molecule has 0 spiro atoms. The molecule has 16 heavy (non-hydrogen) atoms. The summed E-state index contributed by atoms with van der Waals surface area (Å²) < 4.78 is 0. The standard InChI is InChI=1S/C14H28N2/c1-3-14(7-4-5-8-14)12-16-10-6-13(2)15-9-11-16/h13,15H,3-12H2,1-2H3. The zero-order valence-corrected chi connectivity index (χ0v) is 11.1. The van der Waals surface area contributed by atoms with E-state index in [1.54, 1.807) is 0 Å². The molecule has 2 fully saturated rings. The minimum absolute atomic E-state index is 0.674. The van der Waals surface area contributed by atoms with Gasteiger partial charge in [-0.3, -0.25) is 0 Å². The highest BCUT2D eigenvalue weighted by atomic mass is 15.2. The van der Waals surface area contributed by atoms with Crippen LogP contribution in [0.15, 0.2) is 0 Å². The van der Waals surface area contributed by atoms with Crippen molar-refractivity contribution in [1.29, 1.82) is 0 Å². The first-order valence-corrected chi connectivity index (χ1v) is 7.20. The molecule has 1 saturated heterocycles. The molecule has 1 saturated carbocycles. The van der Waals surface area contributed by atoms with Gasteiger partial charge in [-0.25, -0.2) is 0 Å². The van der Waals surface area contributed by atoms with Crippen molar-refractivity contribution in [3.63, 3.8) is 0 Å². The first-order chi connectivity index (χ1) is 7.74. The summed E-state index contributed by atoms with van der Waals surface area (Å²) in [5, 5.41) is 3.59. The Hall–Kier alpha value is -0.0800. The summed E-state index contributed by atoms with van der Waals surface area (Å²) in [6.45, 7) is 9.81. The molecule has 2 heteroatoms. The minimum Gasteiger partial charge on any atom is -0.313 e.